The van der Waals surface area contributed by atoms with Crippen molar-refractivity contribution in [2.75, 3.05) is 0 Å². The number of aromatic nitrogens is 2. The van der Waals surface area contributed by atoms with E-state index < -0.39 is 0 Å². The van der Waals surface area contributed by atoms with E-state index >= 15 is 0 Å². The van der Waals surface area contributed by atoms with Gasteiger partial charge in [-0.15, -0.1) is 0 Å². The highest BCUT2D eigenvalue weighted by atomic mass is 35.5. The summed E-state index contributed by atoms with van der Waals surface area (Å²) in [6, 6.07) is 8.04. The minimum Gasteiger partial charge on any atom is -0.352 e. The van der Waals surface area contributed by atoms with Crippen LogP contribution >= 0.6 is 11.6 Å². The van der Waals surface area contributed by atoms with Crippen molar-refractivity contribution in [3.05, 3.63) is 53.1 Å². The maximum Gasteiger partial charge on any atom is 0.220 e. The standard InChI is InChI=1S/C17H20ClN3O/c18-14-6-4-13(5-7-14)2-1-3-17(22)20-15-8-9-16-19-10-11-21(16)12-15/h4-7,10-11,15H,1-3,8-9,12H2,(H,20,22)/t15-/m0/s1. The van der Waals surface area contributed by atoms with Gasteiger partial charge in [-0.25, -0.2) is 4.98 Å². The fourth-order valence-electron chi connectivity index (χ4n) is 2.89. The zero-order chi connectivity index (χ0) is 15.4. The summed E-state index contributed by atoms with van der Waals surface area (Å²) in [4.78, 5) is 16.3. The molecule has 0 radical (unpaired) electrons. The summed E-state index contributed by atoms with van der Waals surface area (Å²) in [7, 11) is 0. The van der Waals surface area contributed by atoms with Crippen LogP contribution in [-0.2, 0) is 24.2 Å². The van der Waals surface area contributed by atoms with E-state index in [0.29, 0.717) is 6.42 Å². The van der Waals surface area contributed by atoms with Crippen LogP contribution in [-0.4, -0.2) is 21.5 Å². The number of nitrogens with zero attached hydrogens (tertiary/aromatic N) is 2. The van der Waals surface area contributed by atoms with Gasteiger partial charge in [-0.3, -0.25) is 4.79 Å². The second-order valence-electron chi connectivity index (χ2n) is 5.78. The van der Waals surface area contributed by atoms with E-state index in [-0.39, 0.29) is 11.9 Å². The van der Waals surface area contributed by atoms with Crippen molar-refractivity contribution < 1.29 is 4.79 Å². The number of imidazole rings is 1. The van der Waals surface area contributed by atoms with Gasteiger partial charge in [0.05, 0.1) is 0 Å². The van der Waals surface area contributed by atoms with E-state index in [1.807, 2.05) is 36.7 Å². The van der Waals surface area contributed by atoms with Gasteiger partial charge in [-0.2, -0.15) is 0 Å². The van der Waals surface area contributed by atoms with E-state index in [1.54, 1.807) is 0 Å². The zero-order valence-corrected chi connectivity index (χ0v) is 13.2. The molecule has 2 aromatic rings. The van der Waals surface area contributed by atoms with Gasteiger partial charge in [-0.1, -0.05) is 23.7 Å². The van der Waals surface area contributed by atoms with E-state index in [4.69, 9.17) is 11.6 Å². The highest BCUT2D eigenvalue weighted by Gasteiger charge is 2.19. The first-order valence-corrected chi connectivity index (χ1v) is 8.12. The molecule has 5 heteroatoms. The Kier molecular flexibility index (Phi) is 4.78. The predicted molar refractivity (Wildman–Crippen MR) is 86.9 cm³/mol. The number of nitrogens with one attached hydrogen (secondary N) is 1. The van der Waals surface area contributed by atoms with Gasteiger partial charge in [0.2, 0.25) is 5.91 Å². The van der Waals surface area contributed by atoms with Crippen LogP contribution in [0.2, 0.25) is 5.02 Å². The molecule has 1 aromatic carbocycles. The fourth-order valence-corrected chi connectivity index (χ4v) is 3.01. The van der Waals surface area contributed by atoms with Crippen molar-refractivity contribution in [1.29, 1.82) is 0 Å². The molecule has 0 saturated carbocycles. The van der Waals surface area contributed by atoms with Crippen LogP contribution < -0.4 is 5.32 Å². The molecule has 0 spiro atoms. The summed E-state index contributed by atoms with van der Waals surface area (Å²) in [6.07, 6.45) is 8.04. The van der Waals surface area contributed by atoms with Gasteiger partial charge in [0.25, 0.3) is 0 Å². The minimum atomic E-state index is 0.141. The van der Waals surface area contributed by atoms with Crippen LogP contribution in [0, 0.1) is 0 Å². The first kappa shape index (κ1) is 15.1. The molecule has 2 heterocycles. The molecule has 1 aliphatic rings. The van der Waals surface area contributed by atoms with Crippen molar-refractivity contribution in [2.24, 2.45) is 0 Å². The molecule has 1 N–H and O–H groups in total. The summed E-state index contributed by atoms with van der Waals surface area (Å²) in [5.41, 5.74) is 1.22. The number of carbonyl (C=O) groups is 1. The molecular weight excluding hydrogens is 298 g/mol. The summed E-state index contributed by atoms with van der Waals surface area (Å²) in [6.45, 7) is 0.832. The number of fused-ring (bicyclic) bond motifs is 1. The lowest BCUT2D eigenvalue weighted by Crippen LogP contribution is -2.40. The normalized spacial score (nSPS) is 17.0. The monoisotopic (exact) mass is 317 g/mol. The van der Waals surface area contributed by atoms with Crippen LogP contribution in [0.1, 0.15) is 30.7 Å². The lowest BCUT2D eigenvalue weighted by Gasteiger charge is -2.24. The third kappa shape index (κ3) is 3.89. The van der Waals surface area contributed by atoms with Crippen molar-refractivity contribution in [3.8, 4) is 0 Å². The highest BCUT2D eigenvalue weighted by molar-refractivity contribution is 6.30. The number of aryl methyl sites for hydroxylation is 2. The number of benzene rings is 1. The number of hydrogen-bond acceptors (Lipinski definition) is 2. The maximum absolute atomic E-state index is 12.0. The Morgan fingerprint density at radius 2 is 2.18 bits per heavy atom. The average Bonchev–Trinajstić information content (AvgIpc) is 2.97. The molecule has 4 nitrogen and oxygen atoms in total. The first-order valence-electron chi connectivity index (χ1n) is 7.74. The Labute approximate surface area is 135 Å². The Morgan fingerprint density at radius 3 is 3.00 bits per heavy atom. The lowest BCUT2D eigenvalue weighted by atomic mass is 10.1. The summed E-state index contributed by atoms with van der Waals surface area (Å²) in [5.74, 6) is 1.26. The van der Waals surface area contributed by atoms with Crippen LogP contribution in [0.4, 0.5) is 0 Å². The summed E-state index contributed by atoms with van der Waals surface area (Å²) < 4.78 is 2.13. The predicted octanol–water partition coefficient (Wildman–Crippen LogP) is 2.99. The van der Waals surface area contributed by atoms with E-state index in [2.05, 4.69) is 14.9 Å². The molecule has 0 aliphatic carbocycles. The van der Waals surface area contributed by atoms with Gasteiger partial charge < -0.3 is 9.88 Å². The van der Waals surface area contributed by atoms with Crippen molar-refractivity contribution >= 4 is 17.5 Å². The number of hydrogen-bond donors (Lipinski definition) is 1. The second-order valence-corrected chi connectivity index (χ2v) is 6.22. The molecule has 22 heavy (non-hydrogen) atoms. The minimum absolute atomic E-state index is 0.141. The Balaban J connectivity index is 1.40. The molecule has 1 aromatic heterocycles. The molecular formula is C17H20ClN3O. The molecule has 1 atom stereocenters. The van der Waals surface area contributed by atoms with Crippen LogP contribution in [0.25, 0.3) is 0 Å². The van der Waals surface area contributed by atoms with Gasteiger partial charge >= 0.3 is 0 Å². The smallest absolute Gasteiger partial charge is 0.220 e. The van der Waals surface area contributed by atoms with E-state index in [1.165, 1.54) is 5.56 Å². The second kappa shape index (κ2) is 6.97. The number of halogens is 1. The quantitative estimate of drug-likeness (QED) is 0.921. The summed E-state index contributed by atoms with van der Waals surface area (Å²) in [5, 5.41) is 3.88. The van der Waals surface area contributed by atoms with Crippen LogP contribution in [0.5, 0.6) is 0 Å². The third-order valence-electron chi connectivity index (χ3n) is 4.08. The molecule has 0 bridgehead atoms. The van der Waals surface area contributed by atoms with Gasteiger partial charge in [0, 0.05) is 42.8 Å². The van der Waals surface area contributed by atoms with Crippen LogP contribution in [0.15, 0.2) is 36.7 Å². The third-order valence-corrected chi connectivity index (χ3v) is 4.33. The molecule has 0 saturated heterocycles. The molecule has 3 rings (SSSR count). The van der Waals surface area contributed by atoms with Gasteiger partial charge in [0.15, 0.2) is 0 Å². The number of carbonyl (C=O) groups excluding carboxylic acids is 1. The first-order chi connectivity index (χ1) is 10.7. The summed E-state index contributed by atoms with van der Waals surface area (Å²) >= 11 is 5.86. The van der Waals surface area contributed by atoms with E-state index in [0.717, 1.165) is 43.1 Å². The zero-order valence-electron chi connectivity index (χ0n) is 12.5. The van der Waals surface area contributed by atoms with Gasteiger partial charge in [-0.05, 0) is 37.0 Å². The molecule has 116 valence electrons. The van der Waals surface area contributed by atoms with Crippen molar-refractivity contribution in [3.63, 3.8) is 0 Å². The fraction of sp³-hybridized carbons (Fsp3) is 0.412. The average molecular weight is 318 g/mol. The number of amides is 1. The van der Waals surface area contributed by atoms with Crippen molar-refractivity contribution in [2.45, 2.75) is 44.7 Å². The van der Waals surface area contributed by atoms with E-state index in [9.17, 15) is 4.79 Å². The topological polar surface area (TPSA) is 46.9 Å². The Morgan fingerprint density at radius 1 is 1.36 bits per heavy atom. The van der Waals surface area contributed by atoms with Gasteiger partial charge in [0.1, 0.15) is 5.82 Å². The molecule has 1 amide bonds. The molecule has 0 fully saturated rings. The maximum atomic E-state index is 12.0. The highest BCUT2D eigenvalue weighted by Crippen LogP contribution is 2.14. The van der Waals surface area contributed by atoms with Crippen LogP contribution in [0.3, 0.4) is 0 Å². The Bertz CT molecular complexity index is 636. The lowest BCUT2D eigenvalue weighted by molar-refractivity contribution is -0.122. The van der Waals surface area contributed by atoms with Crippen molar-refractivity contribution in [1.82, 2.24) is 14.9 Å². The Hall–Kier alpha value is -1.81. The largest absolute Gasteiger partial charge is 0.352 e. The molecule has 0 unspecified atom stereocenters. The SMILES string of the molecule is O=C(CCCc1ccc(Cl)cc1)N[C@H]1CCc2nccn2C1. The number of rotatable bonds is 5. The molecule has 1 aliphatic heterocycles.